The van der Waals surface area contributed by atoms with Crippen LogP contribution in [0.25, 0.3) is 10.4 Å². The Labute approximate surface area is 206 Å². The summed E-state index contributed by atoms with van der Waals surface area (Å²) < 4.78 is 5.80. The molecule has 0 amide bonds. The van der Waals surface area contributed by atoms with Gasteiger partial charge in [0.05, 0.1) is 12.6 Å². The molecule has 0 saturated carbocycles. The van der Waals surface area contributed by atoms with Gasteiger partial charge in [0.15, 0.2) is 0 Å². The number of rotatable bonds is 26. The van der Waals surface area contributed by atoms with E-state index in [1.165, 1.54) is 103 Å². The number of hydrogen-bond donors (Lipinski definition) is 0. The zero-order valence-electron chi connectivity index (χ0n) is 22.2. The molecule has 0 aliphatic carbocycles. The van der Waals surface area contributed by atoms with E-state index in [1.54, 1.807) is 0 Å². The van der Waals surface area contributed by atoms with E-state index in [9.17, 15) is 0 Å². The van der Waals surface area contributed by atoms with Crippen LogP contribution in [0.2, 0.25) is 0 Å². The molecule has 0 saturated heterocycles. The Kier molecular flexibility index (Phi) is 27.7. The monoisotopic (exact) mass is 461 g/mol. The summed E-state index contributed by atoms with van der Waals surface area (Å²) in [6.07, 6.45) is 34.4. The van der Waals surface area contributed by atoms with Gasteiger partial charge in [0, 0.05) is 11.5 Å². The van der Waals surface area contributed by atoms with Crippen molar-refractivity contribution in [3.8, 4) is 0 Å². The van der Waals surface area contributed by atoms with Gasteiger partial charge in [-0.05, 0) is 50.5 Å². The first-order chi connectivity index (χ1) is 16.3. The van der Waals surface area contributed by atoms with Gasteiger partial charge in [0.1, 0.15) is 0 Å². The normalized spacial score (nSPS) is 12.5. The molecular weight excluding hydrogens is 406 g/mol. The molecule has 0 radical (unpaired) electrons. The first kappa shape index (κ1) is 31.8. The largest absolute Gasteiger partial charge is 0.381 e. The molecule has 0 rings (SSSR count). The number of hydrogen-bond acceptors (Lipinski definition) is 2. The average molecular weight is 462 g/mol. The summed E-state index contributed by atoms with van der Waals surface area (Å²) >= 11 is 0. The van der Waals surface area contributed by atoms with Crippen molar-refractivity contribution in [3.05, 3.63) is 34.7 Å². The summed E-state index contributed by atoms with van der Waals surface area (Å²) in [4.78, 5) is 3.01. The summed E-state index contributed by atoms with van der Waals surface area (Å²) in [6.45, 7) is 5.88. The topological polar surface area (TPSA) is 58.0 Å². The number of nitrogens with zero attached hydrogens (tertiary/aromatic N) is 3. The zero-order chi connectivity index (χ0) is 24.1. The summed E-state index contributed by atoms with van der Waals surface area (Å²) in [6, 6.07) is 0.00949. The molecule has 0 N–H and O–H groups in total. The maximum absolute atomic E-state index is 8.78. The summed E-state index contributed by atoms with van der Waals surface area (Å²) in [7, 11) is 0. The first-order valence-corrected chi connectivity index (χ1v) is 14.3. The van der Waals surface area contributed by atoms with Gasteiger partial charge >= 0.3 is 0 Å². The summed E-state index contributed by atoms with van der Waals surface area (Å²) in [5.41, 5.74) is 8.78. The van der Waals surface area contributed by atoms with Crippen molar-refractivity contribution in [1.29, 1.82) is 0 Å². The zero-order valence-corrected chi connectivity index (χ0v) is 22.2. The third-order valence-corrected chi connectivity index (χ3v) is 6.16. The molecule has 4 nitrogen and oxygen atoms in total. The molecule has 0 fully saturated rings. The van der Waals surface area contributed by atoms with E-state index >= 15 is 0 Å². The van der Waals surface area contributed by atoms with Gasteiger partial charge < -0.3 is 4.74 Å². The number of azide groups is 1. The van der Waals surface area contributed by atoms with Gasteiger partial charge in [0.25, 0.3) is 0 Å². The third-order valence-electron chi connectivity index (χ3n) is 6.16. The lowest BCUT2D eigenvalue weighted by Gasteiger charge is -2.11. The van der Waals surface area contributed by atoms with Crippen LogP contribution in [0, 0.1) is 0 Å². The number of unbranched alkanes of at least 4 members (excludes halogenated alkanes) is 15. The van der Waals surface area contributed by atoms with Gasteiger partial charge in [-0.15, -0.1) is 0 Å². The van der Waals surface area contributed by atoms with Gasteiger partial charge in [-0.2, -0.15) is 0 Å². The highest BCUT2D eigenvalue weighted by Gasteiger charge is 2.06. The average Bonchev–Trinajstić information content (AvgIpc) is 2.82. The smallest absolute Gasteiger partial charge is 0.0608 e. The molecule has 33 heavy (non-hydrogen) atoms. The van der Waals surface area contributed by atoms with E-state index < -0.39 is 0 Å². The maximum atomic E-state index is 8.78. The van der Waals surface area contributed by atoms with E-state index in [2.05, 4.69) is 48.2 Å². The van der Waals surface area contributed by atoms with Crippen molar-refractivity contribution in [2.75, 3.05) is 13.2 Å². The Morgan fingerprint density at radius 1 is 0.667 bits per heavy atom. The predicted molar refractivity (Wildman–Crippen MR) is 146 cm³/mol. The highest BCUT2D eigenvalue weighted by Crippen LogP contribution is 2.12. The minimum atomic E-state index is 0.00949. The molecular formula is C29H55N3O. The van der Waals surface area contributed by atoms with Gasteiger partial charge in [-0.25, -0.2) is 0 Å². The summed E-state index contributed by atoms with van der Waals surface area (Å²) in [5, 5.41) is 3.93. The van der Waals surface area contributed by atoms with Crippen molar-refractivity contribution < 1.29 is 4.74 Å². The minimum Gasteiger partial charge on any atom is -0.381 e. The first-order valence-electron chi connectivity index (χ1n) is 14.3. The van der Waals surface area contributed by atoms with Crippen LogP contribution >= 0.6 is 0 Å². The number of ether oxygens (including phenoxy) is 1. The molecule has 0 heterocycles. The molecule has 4 heteroatoms. The van der Waals surface area contributed by atoms with Crippen molar-refractivity contribution in [2.45, 2.75) is 148 Å². The molecule has 0 unspecified atom stereocenters. The number of allylic oxidation sites excluding steroid dienone is 4. The molecule has 0 aromatic heterocycles. The fourth-order valence-corrected chi connectivity index (χ4v) is 4.00. The highest BCUT2D eigenvalue weighted by molar-refractivity contribution is 4.92. The van der Waals surface area contributed by atoms with Crippen LogP contribution in [-0.4, -0.2) is 19.3 Å². The molecule has 0 aliphatic heterocycles. The van der Waals surface area contributed by atoms with Crippen LogP contribution in [0.1, 0.15) is 142 Å². The molecule has 0 bridgehead atoms. The Bertz CT molecular complexity index is 483. The lowest BCUT2D eigenvalue weighted by Crippen LogP contribution is -2.13. The highest BCUT2D eigenvalue weighted by atomic mass is 16.5. The molecule has 0 spiro atoms. The van der Waals surface area contributed by atoms with Crippen LogP contribution in [0.5, 0.6) is 0 Å². The van der Waals surface area contributed by atoms with Gasteiger partial charge in [0.2, 0.25) is 0 Å². The predicted octanol–water partition coefficient (Wildman–Crippen LogP) is 10.6. The van der Waals surface area contributed by atoms with E-state index in [4.69, 9.17) is 10.3 Å². The Morgan fingerprint density at radius 3 is 1.82 bits per heavy atom. The Hall–Kier alpha value is -1.25. The Balaban J connectivity index is 3.44. The van der Waals surface area contributed by atoms with Crippen molar-refractivity contribution in [2.24, 2.45) is 5.11 Å². The van der Waals surface area contributed by atoms with Crippen LogP contribution in [0.15, 0.2) is 29.4 Å². The van der Waals surface area contributed by atoms with Crippen molar-refractivity contribution >= 4 is 0 Å². The second kappa shape index (κ2) is 28.8. The molecule has 0 aromatic rings. The van der Waals surface area contributed by atoms with E-state index in [-0.39, 0.29) is 6.04 Å². The Morgan fingerprint density at radius 2 is 1.18 bits per heavy atom. The van der Waals surface area contributed by atoms with E-state index in [0.29, 0.717) is 6.61 Å². The van der Waals surface area contributed by atoms with Crippen LogP contribution in [-0.2, 0) is 4.74 Å². The van der Waals surface area contributed by atoms with Gasteiger partial charge in [-0.3, -0.25) is 0 Å². The lowest BCUT2D eigenvalue weighted by molar-refractivity contribution is 0.114. The lowest BCUT2D eigenvalue weighted by atomic mass is 10.1. The fraction of sp³-hybridized carbons (Fsp3) is 0.862. The SMILES string of the molecule is CCCCCC=CCC=CCCCCCCCCOC[C@H](CCCCCCCCC)N=[N+]=[N-]. The third kappa shape index (κ3) is 26.9. The van der Waals surface area contributed by atoms with E-state index in [0.717, 1.165) is 32.3 Å². The fourth-order valence-electron chi connectivity index (χ4n) is 4.00. The maximum Gasteiger partial charge on any atom is 0.0608 e. The molecule has 1 atom stereocenters. The quantitative estimate of drug-likeness (QED) is 0.0415. The van der Waals surface area contributed by atoms with E-state index in [1.807, 2.05) is 0 Å². The van der Waals surface area contributed by atoms with Crippen molar-refractivity contribution in [1.82, 2.24) is 0 Å². The van der Waals surface area contributed by atoms with Crippen LogP contribution in [0.3, 0.4) is 0 Å². The minimum absolute atomic E-state index is 0.00949. The second-order valence-corrected chi connectivity index (χ2v) is 9.43. The second-order valence-electron chi connectivity index (χ2n) is 9.43. The van der Waals surface area contributed by atoms with Gasteiger partial charge in [-0.1, -0.05) is 127 Å². The summed E-state index contributed by atoms with van der Waals surface area (Å²) in [5.74, 6) is 0. The molecule has 192 valence electrons. The standard InChI is InChI=1S/C29H55N3O/c1-3-5-7-9-11-12-13-14-15-16-17-18-19-21-23-25-27-33-28-29(31-32-30)26-24-22-20-10-8-6-4-2/h11-12,14-15,29H,3-10,13,16-28H2,1-2H3/t29-/m0/s1. The van der Waals surface area contributed by atoms with Crippen molar-refractivity contribution in [3.63, 3.8) is 0 Å². The molecule has 0 aliphatic rings. The van der Waals surface area contributed by atoms with Crippen LogP contribution < -0.4 is 0 Å². The van der Waals surface area contributed by atoms with Crippen LogP contribution in [0.4, 0.5) is 0 Å². The molecule has 0 aromatic carbocycles.